The van der Waals surface area contributed by atoms with Gasteiger partial charge in [-0.25, -0.2) is 0 Å². The van der Waals surface area contributed by atoms with Gasteiger partial charge in [-0.2, -0.15) is 0 Å². The highest BCUT2D eigenvalue weighted by Crippen LogP contribution is 2.23. The van der Waals surface area contributed by atoms with Crippen LogP contribution in [0, 0.1) is 0 Å². The number of hydrogen-bond acceptors (Lipinski definition) is 3. The van der Waals surface area contributed by atoms with E-state index in [0.717, 1.165) is 0 Å². The Kier molecular flexibility index (Phi) is 4.69. The summed E-state index contributed by atoms with van der Waals surface area (Å²) >= 11 is 0. The third-order valence-electron chi connectivity index (χ3n) is 2.38. The normalized spacial score (nSPS) is 11.9. The minimum Gasteiger partial charge on any atom is -0.494 e. The summed E-state index contributed by atoms with van der Waals surface area (Å²) in [6, 6.07) is 6.81. The van der Waals surface area contributed by atoms with Crippen molar-refractivity contribution in [2.75, 3.05) is 6.61 Å². The van der Waals surface area contributed by atoms with Gasteiger partial charge in [0, 0.05) is 6.42 Å². The number of Topliss-reactive ketones (excluding diaryl/α,β-unsaturated/α-hetero) is 1. The minimum absolute atomic E-state index is 0.0172. The highest BCUT2D eigenvalue weighted by molar-refractivity contribution is 5.85. The Morgan fingerprint density at radius 2 is 1.88 bits per heavy atom. The van der Waals surface area contributed by atoms with Crippen LogP contribution in [0.4, 0.5) is 0 Å². The Balaban J connectivity index is 2.87. The number of ketones is 1. The maximum Gasteiger partial charge on any atom is 0.311 e. The molecule has 0 spiro atoms. The van der Waals surface area contributed by atoms with Gasteiger partial charge < -0.3 is 9.84 Å². The van der Waals surface area contributed by atoms with Crippen LogP contribution in [-0.4, -0.2) is 23.5 Å². The lowest BCUT2D eigenvalue weighted by molar-refractivity contribution is -0.140. The quantitative estimate of drug-likeness (QED) is 0.822. The van der Waals surface area contributed by atoms with Crippen molar-refractivity contribution in [2.24, 2.45) is 0 Å². The van der Waals surface area contributed by atoms with Crippen LogP contribution in [0.5, 0.6) is 5.75 Å². The van der Waals surface area contributed by atoms with Gasteiger partial charge in [0.05, 0.1) is 12.5 Å². The van der Waals surface area contributed by atoms with Crippen molar-refractivity contribution >= 4 is 11.8 Å². The van der Waals surface area contributed by atoms with Gasteiger partial charge in [0.2, 0.25) is 0 Å². The molecule has 0 fully saturated rings. The molecule has 1 unspecified atom stereocenters. The predicted octanol–water partition coefficient (Wildman–Crippen LogP) is 2.23. The summed E-state index contributed by atoms with van der Waals surface area (Å²) < 4.78 is 5.27. The first-order valence-corrected chi connectivity index (χ1v) is 5.49. The predicted molar refractivity (Wildman–Crippen MR) is 63.3 cm³/mol. The van der Waals surface area contributed by atoms with E-state index in [1.54, 1.807) is 24.3 Å². The molecule has 0 bridgehead atoms. The van der Waals surface area contributed by atoms with Gasteiger partial charge in [-0.15, -0.1) is 0 Å². The average Bonchev–Trinajstić information content (AvgIpc) is 2.27. The average molecular weight is 236 g/mol. The number of aliphatic carboxylic acids is 1. The zero-order valence-electron chi connectivity index (χ0n) is 9.97. The van der Waals surface area contributed by atoms with Gasteiger partial charge in [-0.05, 0) is 31.5 Å². The number of carbonyl (C=O) groups excluding carboxylic acids is 1. The Hall–Kier alpha value is -1.84. The monoisotopic (exact) mass is 236 g/mol. The smallest absolute Gasteiger partial charge is 0.311 e. The fourth-order valence-electron chi connectivity index (χ4n) is 1.60. The Labute approximate surface area is 100 Å². The second kappa shape index (κ2) is 6.03. The summed E-state index contributed by atoms with van der Waals surface area (Å²) in [6.45, 7) is 3.84. The van der Waals surface area contributed by atoms with Crippen LogP contribution in [-0.2, 0) is 9.59 Å². The van der Waals surface area contributed by atoms with Gasteiger partial charge in [0.25, 0.3) is 0 Å². The Morgan fingerprint density at radius 1 is 1.29 bits per heavy atom. The Morgan fingerprint density at radius 3 is 2.29 bits per heavy atom. The van der Waals surface area contributed by atoms with Gasteiger partial charge >= 0.3 is 5.97 Å². The number of carboxylic acids is 1. The van der Waals surface area contributed by atoms with Crippen LogP contribution in [0.15, 0.2) is 24.3 Å². The molecule has 92 valence electrons. The standard InChI is InChI=1S/C13H16O4/c1-3-17-11-6-4-10(5-7-11)12(13(15)16)8-9(2)14/h4-7,12H,3,8H2,1-2H3,(H,15,16). The van der Waals surface area contributed by atoms with Crippen LogP contribution >= 0.6 is 0 Å². The van der Waals surface area contributed by atoms with E-state index in [0.29, 0.717) is 17.9 Å². The number of hydrogen-bond donors (Lipinski definition) is 1. The van der Waals surface area contributed by atoms with Gasteiger partial charge in [0.1, 0.15) is 11.5 Å². The lowest BCUT2D eigenvalue weighted by Crippen LogP contribution is -2.14. The molecular weight excluding hydrogens is 220 g/mol. The van der Waals surface area contributed by atoms with Crippen LogP contribution in [0.1, 0.15) is 31.7 Å². The van der Waals surface area contributed by atoms with Crippen molar-refractivity contribution in [3.05, 3.63) is 29.8 Å². The van der Waals surface area contributed by atoms with Crippen LogP contribution in [0.3, 0.4) is 0 Å². The van der Waals surface area contributed by atoms with E-state index < -0.39 is 11.9 Å². The molecule has 0 radical (unpaired) electrons. The molecule has 0 aliphatic carbocycles. The zero-order chi connectivity index (χ0) is 12.8. The Bertz CT molecular complexity index is 394. The molecule has 1 aromatic carbocycles. The number of benzene rings is 1. The molecule has 17 heavy (non-hydrogen) atoms. The molecule has 4 heteroatoms. The van der Waals surface area contributed by atoms with Crippen molar-refractivity contribution in [3.63, 3.8) is 0 Å². The second-order valence-corrected chi connectivity index (χ2v) is 3.80. The van der Waals surface area contributed by atoms with E-state index in [4.69, 9.17) is 9.84 Å². The molecule has 0 aliphatic heterocycles. The number of carboxylic acid groups (broad SMARTS) is 1. The zero-order valence-corrected chi connectivity index (χ0v) is 9.97. The first kappa shape index (κ1) is 13.2. The molecule has 1 rings (SSSR count). The van der Waals surface area contributed by atoms with Gasteiger partial charge in [-0.3, -0.25) is 9.59 Å². The molecule has 0 saturated heterocycles. The molecule has 1 N–H and O–H groups in total. The van der Waals surface area contributed by atoms with Crippen LogP contribution < -0.4 is 4.74 Å². The van der Waals surface area contributed by atoms with Crippen molar-refractivity contribution in [1.29, 1.82) is 0 Å². The van der Waals surface area contributed by atoms with Crippen molar-refractivity contribution in [2.45, 2.75) is 26.2 Å². The van der Waals surface area contributed by atoms with Gasteiger partial charge in [-0.1, -0.05) is 12.1 Å². The van der Waals surface area contributed by atoms with Crippen molar-refractivity contribution in [1.82, 2.24) is 0 Å². The fourth-order valence-corrected chi connectivity index (χ4v) is 1.60. The highest BCUT2D eigenvalue weighted by Gasteiger charge is 2.21. The number of ether oxygens (including phenoxy) is 1. The molecule has 1 atom stereocenters. The van der Waals surface area contributed by atoms with E-state index in [1.165, 1.54) is 6.92 Å². The molecule has 0 amide bonds. The lowest BCUT2D eigenvalue weighted by Gasteiger charge is -2.11. The summed E-state index contributed by atoms with van der Waals surface area (Å²) in [5, 5.41) is 9.06. The van der Waals surface area contributed by atoms with Crippen LogP contribution in [0.2, 0.25) is 0 Å². The molecular formula is C13H16O4. The van der Waals surface area contributed by atoms with E-state index in [2.05, 4.69) is 0 Å². The molecule has 1 aromatic rings. The van der Waals surface area contributed by atoms with E-state index in [-0.39, 0.29) is 12.2 Å². The topological polar surface area (TPSA) is 63.6 Å². The third-order valence-corrected chi connectivity index (χ3v) is 2.38. The molecule has 0 aliphatic rings. The number of rotatable bonds is 6. The van der Waals surface area contributed by atoms with Crippen molar-refractivity contribution < 1.29 is 19.4 Å². The number of carbonyl (C=O) groups is 2. The summed E-state index contributed by atoms with van der Waals surface area (Å²) in [6.07, 6.45) is 0.0172. The third kappa shape index (κ3) is 3.90. The molecule has 0 aromatic heterocycles. The molecule has 4 nitrogen and oxygen atoms in total. The maximum atomic E-state index is 11.1. The first-order chi connectivity index (χ1) is 8.04. The highest BCUT2D eigenvalue weighted by atomic mass is 16.5. The lowest BCUT2D eigenvalue weighted by atomic mass is 9.94. The largest absolute Gasteiger partial charge is 0.494 e. The maximum absolute atomic E-state index is 11.1. The van der Waals surface area contributed by atoms with E-state index in [9.17, 15) is 9.59 Å². The summed E-state index contributed by atoms with van der Waals surface area (Å²) in [7, 11) is 0. The summed E-state index contributed by atoms with van der Waals surface area (Å²) in [5.41, 5.74) is 0.621. The van der Waals surface area contributed by atoms with Crippen molar-refractivity contribution in [3.8, 4) is 5.75 Å². The first-order valence-electron chi connectivity index (χ1n) is 5.49. The molecule has 0 heterocycles. The fraction of sp³-hybridized carbons (Fsp3) is 0.385. The van der Waals surface area contributed by atoms with E-state index in [1.807, 2.05) is 6.92 Å². The minimum atomic E-state index is -0.982. The summed E-state index contributed by atoms with van der Waals surface area (Å²) in [4.78, 5) is 22.1. The van der Waals surface area contributed by atoms with Crippen LogP contribution in [0.25, 0.3) is 0 Å². The second-order valence-electron chi connectivity index (χ2n) is 3.80. The molecule has 0 saturated carbocycles. The summed E-state index contributed by atoms with van der Waals surface area (Å²) in [5.74, 6) is -1.19. The van der Waals surface area contributed by atoms with Gasteiger partial charge in [0.15, 0.2) is 0 Å². The van der Waals surface area contributed by atoms with E-state index >= 15 is 0 Å². The SMILES string of the molecule is CCOc1ccc(C(CC(C)=O)C(=O)O)cc1.